The molecular weight excluding hydrogens is 782 g/mol. The van der Waals surface area contributed by atoms with Crippen molar-refractivity contribution in [3.8, 4) is 5.75 Å². The van der Waals surface area contributed by atoms with Crippen LogP contribution in [0.2, 0.25) is 0 Å². The second kappa shape index (κ2) is 22.3. The summed E-state index contributed by atoms with van der Waals surface area (Å²) < 4.78 is 45.7. The predicted octanol–water partition coefficient (Wildman–Crippen LogP) is 6.95. The smallest absolute Gasteiger partial charge is 0.416 e. The molecule has 1 atom stereocenters. The number of alkyl halides is 3. The summed E-state index contributed by atoms with van der Waals surface area (Å²) in [6.45, 7) is 7.62. The molecule has 10 nitrogen and oxygen atoms in total. The minimum absolute atomic E-state index is 0.0584. The molecule has 0 aromatic heterocycles. The molecule has 0 saturated carbocycles. The van der Waals surface area contributed by atoms with Crippen LogP contribution < -0.4 is 9.64 Å². The molecule has 326 valence electrons. The molecule has 1 saturated heterocycles. The van der Waals surface area contributed by atoms with Crippen LogP contribution in [-0.4, -0.2) is 129 Å². The first-order chi connectivity index (χ1) is 29.2. The van der Waals surface area contributed by atoms with Crippen LogP contribution in [-0.2, 0) is 40.1 Å². The van der Waals surface area contributed by atoms with Gasteiger partial charge in [0.1, 0.15) is 11.8 Å². The normalized spacial score (nSPS) is 13.8. The van der Waals surface area contributed by atoms with Crippen LogP contribution in [0.1, 0.15) is 41.2 Å². The number of benzene rings is 4. The Morgan fingerprint density at radius 1 is 0.738 bits per heavy atom. The van der Waals surface area contributed by atoms with Crippen LogP contribution in [0.5, 0.6) is 5.75 Å². The van der Waals surface area contributed by atoms with Crippen LogP contribution in [0.15, 0.2) is 109 Å². The molecule has 0 unspecified atom stereocenters. The molecule has 1 aliphatic rings. The number of nitrogens with zero attached hydrogens (tertiary/aromatic N) is 6. The highest BCUT2D eigenvalue weighted by Crippen LogP contribution is 2.29. The highest BCUT2D eigenvalue weighted by molar-refractivity contribution is 5.95. The van der Waals surface area contributed by atoms with Crippen molar-refractivity contribution < 1.29 is 32.3 Å². The molecule has 3 amide bonds. The molecule has 0 radical (unpaired) electrons. The molecule has 1 heterocycles. The molecule has 0 bridgehead atoms. The fourth-order valence-electron chi connectivity index (χ4n) is 7.18. The number of rotatable bonds is 19. The molecular formula is C48H59F3N6O4. The van der Waals surface area contributed by atoms with Gasteiger partial charge in [0.25, 0.3) is 0 Å². The summed E-state index contributed by atoms with van der Waals surface area (Å²) in [4.78, 5) is 52.3. The second-order valence-corrected chi connectivity index (χ2v) is 15.9. The monoisotopic (exact) mass is 840 g/mol. The van der Waals surface area contributed by atoms with E-state index in [0.717, 1.165) is 53.2 Å². The van der Waals surface area contributed by atoms with Crippen LogP contribution in [0.25, 0.3) is 6.08 Å². The zero-order valence-electron chi connectivity index (χ0n) is 36.0. The standard InChI is InChI=1S/C48H59F3N6O4/c1-37(58)55-29-31-56(32-30-55)43-21-14-41(15-22-43)36-57(46(59)25-18-38-12-19-42(20-13-38)48(49,50)51)45(34-39-10-7-6-8-11-39)47(60)54(5)28-27-53(4)35-40-16-23-44(24-17-40)61-33-9-26-52(2)3/h6-8,10-25,45H,9,26-36H2,1-5H3/t45-/m0/s1. The molecule has 1 aliphatic heterocycles. The van der Waals surface area contributed by atoms with E-state index in [1.807, 2.05) is 105 Å². The van der Waals surface area contributed by atoms with E-state index in [1.54, 1.807) is 23.8 Å². The first kappa shape index (κ1) is 46.4. The van der Waals surface area contributed by atoms with Gasteiger partial charge in [0.05, 0.1) is 12.2 Å². The fraction of sp³-hybridized carbons (Fsp3) is 0.396. The van der Waals surface area contributed by atoms with Crippen molar-refractivity contribution >= 4 is 29.5 Å². The molecule has 0 aliphatic carbocycles. The number of piperazine rings is 1. The van der Waals surface area contributed by atoms with Crippen LogP contribution in [0.4, 0.5) is 18.9 Å². The van der Waals surface area contributed by atoms with Crippen molar-refractivity contribution in [1.82, 2.24) is 24.5 Å². The number of likely N-dealkylation sites (N-methyl/N-ethyl adjacent to an activating group) is 2. The Hall–Kier alpha value is -5.66. The Morgan fingerprint density at radius 3 is 1.97 bits per heavy atom. The maximum absolute atomic E-state index is 14.6. The largest absolute Gasteiger partial charge is 0.494 e. The fourth-order valence-corrected chi connectivity index (χ4v) is 7.18. The van der Waals surface area contributed by atoms with Gasteiger partial charge >= 0.3 is 6.18 Å². The Balaban J connectivity index is 1.33. The summed E-state index contributed by atoms with van der Waals surface area (Å²) in [5.74, 6) is 0.204. The lowest BCUT2D eigenvalue weighted by atomic mass is 10.0. The van der Waals surface area contributed by atoms with Crippen molar-refractivity contribution in [2.75, 3.05) is 85.5 Å². The van der Waals surface area contributed by atoms with Gasteiger partial charge < -0.3 is 34.1 Å². The summed E-state index contributed by atoms with van der Waals surface area (Å²) >= 11 is 0. The number of ether oxygens (including phenoxy) is 1. The van der Waals surface area contributed by atoms with Gasteiger partial charge in [0.2, 0.25) is 17.7 Å². The third kappa shape index (κ3) is 14.5. The minimum Gasteiger partial charge on any atom is -0.494 e. The quantitative estimate of drug-likeness (QED) is 0.0748. The van der Waals surface area contributed by atoms with Crippen molar-refractivity contribution in [3.63, 3.8) is 0 Å². The molecule has 1 fully saturated rings. The highest BCUT2D eigenvalue weighted by atomic mass is 19.4. The molecule has 0 N–H and O–H groups in total. The summed E-state index contributed by atoms with van der Waals surface area (Å²) in [7, 11) is 7.83. The summed E-state index contributed by atoms with van der Waals surface area (Å²) in [6.07, 6.45) is -0.485. The van der Waals surface area contributed by atoms with Gasteiger partial charge in [-0.2, -0.15) is 13.2 Å². The lowest BCUT2D eigenvalue weighted by molar-refractivity contribution is -0.143. The van der Waals surface area contributed by atoms with Gasteiger partial charge in [0.15, 0.2) is 0 Å². The number of hydrogen-bond acceptors (Lipinski definition) is 7. The second-order valence-electron chi connectivity index (χ2n) is 15.9. The first-order valence-electron chi connectivity index (χ1n) is 20.8. The molecule has 0 spiro atoms. The van der Waals surface area contributed by atoms with E-state index < -0.39 is 23.7 Å². The number of hydrogen-bond donors (Lipinski definition) is 0. The van der Waals surface area contributed by atoms with Gasteiger partial charge in [-0.25, -0.2) is 0 Å². The molecule has 5 rings (SSSR count). The number of halogens is 3. The predicted molar refractivity (Wildman–Crippen MR) is 235 cm³/mol. The zero-order valence-corrected chi connectivity index (χ0v) is 36.0. The van der Waals surface area contributed by atoms with E-state index in [2.05, 4.69) is 14.7 Å². The van der Waals surface area contributed by atoms with Crippen molar-refractivity contribution in [2.45, 2.75) is 45.1 Å². The summed E-state index contributed by atoms with van der Waals surface area (Å²) in [5, 5.41) is 0. The topological polar surface area (TPSA) is 79.9 Å². The zero-order chi connectivity index (χ0) is 43.9. The van der Waals surface area contributed by atoms with E-state index in [0.29, 0.717) is 58.0 Å². The lowest BCUT2D eigenvalue weighted by Gasteiger charge is -2.36. The number of carbonyl (C=O) groups is 3. The maximum atomic E-state index is 14.6. The van der Waals surface area contributed by atoms with Gasteiger partial charge in [-0.3, -0.25) is 14.4 Å². The van der Waals surface area contributed by atoms with Crippen LogP contribution in [0.3, 0.4) is 0 Å². The Labute approximate surface area is 358 Å². The summed E-state index contributed by atoms with van der Waals surface area (Å²) in [5.41, 5.74) is 3.43. The average molecular weight is 841 g/mol. The van der Waals surface area contributed by atoms with Crippen LogP contribution in [0, 0.1) is 0 Å². The number of amides is 3. The van der Waals surface area contributed by atoms with E-state index in [4.69, 9.17) is 4.74 Å². The maximum Gasteiger partial charge on any atom is 0.416 e. The van der Waals surface area contributed by atoms with Gasteiger partial charge in [0, 0.05) is 91.1 Å². The van der Waals surface area contributed by atoms with Gasteiger partial charge in [-0.05, 0) is 92.3 Å². The van der Waals surface area contributed by atoms with Crippen molar-refractivity contribution in [3.05, 3.63) is 137 Å². The lowest BCUT2D eigenvalue weighted by Crippen LogP contribution is -2.51. The van der Waals surface area contributed by atoms with E-state index in [-0.39, 0.29) is 24.8 Å². The van der Waals surface area contributed by atoms with Crippen molar-refractivity contribution in [1.29, 1.82) is 0 Å². The average Bonchev–Trinajstić information content (AvgIpc) is 3.25. The Bertz CT molecular complexity index is 2020. The summed E-state index contributed by atoms with van der Waals surface area (Å²) in [6, 6.07) is 29.1. The molecule has 4 aromatic rings. The Morgan fingerprint density at radius 2 is 1.36 bits per heavy atom. The molecule has 61 heavy (non-hydrogen) atoms. The van der Waals surface area contributed by atoms with Gasteiger partial charge in [-0.15, -0.1) is 0 Å². The highest BCUT2D eigenvalue weighted by Gasteiger charge is 2.32. The van der Waals surface area contributed by atoms with Crippen molar-refractivity contribution in [2.24, 2.45) is 0 Å². The number of carbonyl (C=O) groups excluding carboxylic acids is 3. The van der Waals surface area contributed by atoms with E-state index in [9.17, 15) is 27.6 Å². The van der Waals surface area contributed by atoms with Crippen LogP contribution >= 0.6 is 0 Å². The third-order valence-corrected chi connectivity index (χ3v) is 10.8. The van der Waals surface area contributed by atoms with Gasteiger partial charge in [-0.1, -0.05) is 66.7 Å². The minimum atomic E-state index is -4.48. The molecule has 13 heteroatoms. The van der Waals surface area contributed by atoms with E-state index in [1.165, 1.54) is 24.3 Å². The number of anilines is 1. The third-order valence-electron chi connectivity index (χ3n) is 10.8. The Kier molecular flexibility index (Phi) is 16.9. The molecule has 4 aromatic carbocycles. The SMILES string of the molecule is CC(=O)N1CCN(c2ccc(CN(C(=O)C=Cc3ccc(C(F)(F)F)cc3)[C@@H](Cc3ccccc3)C(=O)N(C)CCN(C)Cc3ccc(OCCCN(C)C)cc3)cc2)CC1. The van der Waals surface area contributed by atoms with E-state index >= 15 is 0 Å². The first-order valence-corrected chi connectivity index (χ1v) is 20.8.